The van der Waals surface area contributed by atoms with Crippen molar-refractivity contribution in [3.05, 3.63) is 17.8 Å². The quantitative estimate of drug-likeness (QED) is 0.777. The molecule has 0 saturated carbocycles. The molecule has 2 rings (SSSR count). The number of amides is 1. The number of nitrogens with zero attached hydrogens (tertiary/aromatic N) is 1. The number of hydrogen-bond acceptors (Lipinski definition) is 6. The van der Waals surface area contributed by atoms with Crippen LogP contribution in [0.4, 0.5) is 5.69 Å². The van der Waals surface area contributed by atoms with Gasteiger partial charge in [-0.3, -0.25) is 4.79 Å². The highest BCUT2D eigenvalue weighted by Crippen LogP contribution is 2.37. The van der Waals surface area contributed by atoms with E-state index < -0.39 is 5.97 Å². The first-order valence-electron chi connectivity index (χ1n) is 7.21. The summed E-state index contributed by atoms with van der Waals surface area (Å²) >= 11 is 0. The third-order valence-corrected chi connectivity index (χ3v) is 3.42. The van der Waals surface area contributed by atoms with Crippen LogP contribution in [0.15, 0.2) is 12.1 Å². The second-order valence-corrected chi connectivity index (χ2v) is 5.41. The van der Waals surface area contributed by atoms with Crippen molar-refractivity contribution in [2.24, 2.45) is 0 Å². The first-order valence-corrected chi connectivity index (χ1v) is 7.21. The van der Waals surface area contributed by atoms with Crippen molar-refractivity contribution in [3.63, 3.8) is 0 Å². The molecule has 1 amide bonds. The Bertz CT molecular complexity index is 767. The maximum absolute atomic E-state index is 12.1. The summed E-state index contributed by atoms with van der Waals surface area (Å²) in [7, 11) is 7.88. The normalized spacial score (nSPS) is 10.8. The van der Waals surface area contributed by atoms with Crippen molar-refractivity contribution in [1.29, 1.82) is 0 Å². The maximum Gasteiger partial charge on any atom is 0.356 e. The number of anilines is 1. The summed E-state index contributed by atoms with van der Waals surface area (Å²) in [5, 5.41) is 3.38. The molecule has 130 valence electrons. The van der Waals surface area contributed by atoms with Crippen LogP contribution in [-0.2, 0) is 9.53 Å². The number of likely N-dealkylation sites (N-methyl/N-ethyl adjacent to an activating group) is 1. The van der Waals surface area contributed by atoms with E-state index in [2.05, 4.69) is 10.3 Å². The van der Waals surface area contributed by atoms with E-state index in [1.165, 1.54) is 21.3 Å². The van der Waals surface area contributed by atoms with Gasteiger partial charge >= 0.3 is 5.97 Å². The number of fused-ring (bicyclic) bond motifs is 1. The molecule has 0 atom stereocenters. The zero-order valence-corrected chi connectivity index (χ0v) is 14.4. The highest BCUT2D eigenvalue weighted by atomic mass is 16.5. The van der Waals surface area contributed by atoms with Crippen LogP contribution in [-0.4, -0.2) is 63.7 Å². The fraction of sp³-hybridized carbons (Fsp3) is 0.375. The number of rotatable bonds is 6. The van der Waals surface area contributed by atoms with Crippen LogP contribution in [0.2, 0.25) is 0 Å². The van der Waals surface area contributed by atoms with Gasteiger partial charge < -0.3 is 29.4 Å². The minimum atomic E-state index is -0.579. The summed E-state index contributed by atoms with van der Waals surface area (Å²) in [6, 6.07) is 3.39. The molecule has 8 heteroatoms. The van der Waals surface area contributed by atoms with Crippen molar-refractivity contribution in [2.75, 3.05) is 47.3 Å². The molecule has 24 heavy (non-hydrogen) atoms. The number of benzene rings is 1. The van der Waals surface area contributed by atoms with Gasteiger partial charge in [-0.25, -0.2) is 4.79 Å². The molecule has 0 aliphatic carbocycles. The average Bonchev–Trinajstić information content (AvgIpc) is 2.89. The number of aromatic amines is 1. The molecular formula is C16H21N3O5. The number of nitrogens with one attached hydrogen (secondary N) is 2. The zero-order valence-electron chi connectivity index (χ0n) is 14.4. The van der Waals surface area contributed by atoms with Gasteiger partial charge in [0, 0.05) is 11.5 Å². The highest BCUT2D eigenvalue weighted by molar-refractivity contribution is 6.11. The number of ether oxygens (including phenoxy) is 3. The lowest BCUT2D eigenvalue weighted by Crippen LogP contribution is -2.27. The van der Waals surface area contributed by atoms with Crippen molar-refractivity contribution in [2.45, 2.75) is 0 Å². The molecule has 1 aromatic carbocycles. The van der Waals surface area contributed by atoms with Gasteiger partial charge in [0.05, 0.1) is 39.1 Å². The van der Waals surface area contributed by atoms with Gasteiger partial charge in [-0.05, 0) is 20.2 Å². The number of esters is 1. The van der Waals surface area contributed by atoms with Crippen molar-refractivity contribution in [3.8, 4) is 11.5 Å². The molecular weight excluding hydrogens is 314 g/mol. The molecule has 0 unspecified atom stereocenters. The SMILES string of the molecule is COC(=O)c1[nH]c2cc(OC)c(OC)cc2c1NC(=O)CN(C)C. The highest BCUT2D eigenvalue weighted by Gasteiger charge is 2.22. The molecule has 8 nitrogen and oxygen atoms in total. The van der Waals surface area contributed by atoms with E-state index in [-0.39, 0.29) is 18.1 Å². The van der Waals surface area contributed by atoms with E-state index in [9.17, 15) is 9.59 Å². The smallest absolute Gasteiger partial charge is 0.356 e. The Hall–Kier alpha value is -2.74. The number of carbonyl (C=O) groups excluding carboxylic acids is 2. The molecule has 0 aliphatic heterocycles. The van der Waals surface area contributed by atoms with Gasteiger partial charge in [-0.2, -0.15) is 0 Å². The summed E-state index contributed by atoms with van der Waals surface area (Å²) in [6.07, 6.45) is 0. The summed E-state index contributed by atoms with van der Waals surface area (Å²) in [4.78, 5) is 28.9. The third-order valence-electron chi connectivity index (χ3n) is 3.42. The number of H-pyrrole nitrogens is 1. The maximum atomic E-state index is 12.1. The van der Waals surface area contributed by atoms with Gasteiger partial charge in [-0.1, -0.05) is 0 Å². The first-order chi connectivity index (χ1) is 11.4. The molecule has 2 aromatic rings. The van der Waals surface area contributed by atoms with Gasteiger partial charge in [0.25, 0.3) is 0 Å². The molecule has 2 N–H and O–H groups in total. The topological polar surface area (TPSA) is 92.9 Å². The predicted molar refractivity (Wildman–Crippen MR) is 89.9 cm³/mol. The standard InChI is InChI=1S/C16H21N3O5/c1-19(2)8-13(20)18-14-9-6-11(22-3)12(23-4)7-10(9)17-15(14)16(21)24-5/h6-7,17H,8H2,1-5H3,(H,18,20). The van der Waals surface area contributed by atoms with Gasteiger partial charge in [0.15, 0.2) is 11.5 Å². The molecule has 0 aliphatic rings. The monoisotopic (exact) mass is 335 g/mol. The van der Waals surface area contributed by atoms with Crippen LogP contribution >= 0.6 is 0 Å². The third kappa shape index (κ3) is 3.43. The number of carbonyl (C=O) groups is 2. The molecule has 0 fully saturated rings. The Labute approximate surface area is 139 Å². The molecule has 0 bridgehead atoms. The lowest BCUT2D eigenvalue weighted by molar-refractivity contribution is -0.116. The number of hydrogen-bond donors (Lipinski definition) is 2. The van der Waals surface area contributed by atoms with E-state index in [0.717, 1.165) is 0 Å². The Morgan fingerprint density at radius 2 is 1.75 bits per heavy atom. The summed E-state index contributed by atoms with van der Waals surface area (Å²) < 4.78 is 15.3. The Morgan fingerprint density at radius 1 is 1.12 bits per heavy atom. The van der Waals surface area contributed by atoms with Crippen LogP contribution in [0, 0.1) is 0 Å². The van der Waals surface area contributed by atoms with Gasteiger partial charge in [-0.15, -0.1) is 0 Å². The Balaban J connectivity index is 2.59. The van der Waals surface area contributed by atoms with Crippen LogP contribution < -0.4 is 14.8 Å². The molecule has 1 aromatic heterocycles. The van der Waals surface area contributed by atoms with Crippen LogP contribution in [0.3, 0.4) is 0 Å². The van der Waals surface area contributed by atoms with Crippen LogP contribution in [0.25, 0.3) is 10.9 Å². The number of methoxy groups -OCH3 is 3. The molecule has 0 spiro atoms. The lowest BCUT2D eigenvalue weighted by atomic mass is 10.2. The summed E-state index contributed by atoms with van der Waals surface area (Å²) in [6.45, 7) is 0.181. The van der Waals surface area contributed by atoms with E-state index in [4.69, 9.17) is 14.2 Å². The fourth-order valence-corrected chi connectivity index (χ4v) is 2.37. The molecule has 0 radical (unpaired) electrons. The van der Waals surface area contributed by atoms with E-state index in [1.54, 1.807) is 31.1 Å². The minimum absolute atomic E-state index is 0.162. The first kappa shape index (κ1) is 17.6. The predicted octanol–water partition coefficient (Wildman–Crippen LogP) is 1.47. The van der Waals surface area contributed by atoms with E-state index >= 15 is 0 Å². The summed E-state index contributed by atoms with van der Waals surface area (Å²) in [5.41, 5.74) is 1.13. The summed E-state index contributed by atoms with van der Waals surface area (Å²) in [5.74, 6) is 0.169. The zero-order chi connectivity index (χ0) is 17.9. The second kappa shape index (κ2) is 7.22. The Kier molecular flexibility index (Phi) is 5.30. The van der Waals surface area contributed by atoms with Crippen LogP contribution in [0.1, 0.15) is 10.5 Å². The van der Waals surface area contributed by atoms with Crippen molar-refractivity contribution in [1.82, 2.24) is 9.88 Å². The van der Waals surface area contributed by atoms with Gasteiger partial charge in [0.2, 0.25) is 5.91 Å². The molecule has 0 saturated heterocycles. The molecule has 1 heterocycles. The fourth-order valence-electron chi connectivity index (χ4n) is 2.37. The lowest BCUT2D eigenvalue weighted by Gasteiger charge is -2.11. The average molecular weight is 335 g/mol. The van der Waals surface area contributed by atoms with E-state index in [0.29, 0.717) is 28.1 Å². The second-order valence-electron chi connectivity index (χ2n) is 5.41. The van der Waals surface area contributed by atoms with Gasteiger partial charge in [0.1, 0.15) is 5.69 Å². The van der Waals surface area contributed by atoms with E-state index in [1.807, 2.05) is 0 Å². The van der Waals surface area contributed by atoms with Crippen molar-refractivity contribution >= 4 is 28.5 Å². The number of aromatic nitrogens is 1. The largest absolute Gasteiger partial charge is 0.493 e. The Morgan fingerprint density at radius 3 is 2.29 bits per heavy atom. The minimum Gasteiger partial charge on any atom is -0.493 e. The van der Waals surface area contributed by atoms with Crippen molar-refractivity contribution < 1.29 is 23.8 Å². The van der Waals surface area contributed by atoms with Crippen LogP contribution in [0.5, 0.6) is 11.5 Å².